The highest BCUT2D eigenvalue weighted by Gasteiger charge is 2.40. The Morgan fingerprint density at radius 2 is 0.864 bits per heavy atom. The molecule has 1 atom stereocenters. The SMILES string of the molecule is CP(Br)C(c1ccccc1)(c1ccccc1)c1ccccc1. The van der Waals surface area contributed by atoms with Gasteiger partial charge in [-0.3, -0.25) is 0 Å². The number of hydrogen-bond donors (Lipinski definition) is 0. The zero-order valence-corrected chi connectivity index (χ0v) is 15.0. The summed E-state index contributed by atoms with van der Waals surface area (Å²) < 4.78 is 0. The van der Waals surface area contributed by atoms with Gasteiger partial charge in [0.15, 0.2) is 0 Å². The van der Waals surface area contributed by atoms with Crippen molar-refractivity contribution in [2.75, 3.05) is 6.66 Å². The second-order valence-corrected chi connectivity index (χ2v) is 10.1. The standard InChI is InChI=1S/C20H18BrP/c1-22(21)20(17-11-5-2-6-12-17,18-13-7-3-8-14-18)19-15-9-4-10-16-19/h2-16H,1H3. The normalized spacial score (nSPS) is 12.8. The van der Waals surface area contributed by atoms with E-state index in [1.807, 2.05) is 0 Å². The van der Waals surface area contributed by atoms with E-state index in [0.29, 0.717) is 0 Å². The minimum Gasteiger partial charge on any atom is -0.0622 e. The van der Waals surface area contributed by atoms with E-state index >= 15 is 0 Å². The molecule has 0 aliphatic heterocycles. The van der Waals surface area contributed by atoms with Gasteiger partial charge in [-0.05, 0) is 30.0 Å². The molecule has 0 aliphatic rings. The lowest BCUT2D eigenvalue weighted by Gasteiger charge is -2.38. The van der Waals surface area contributed by atoms with Gasteiger partial charge in [0.25, 0.3) is 0 Å². The molecule has 0 spiro atoms. The highest BCUT2D eigenvalue weighted by Crippen LogP contribution is 2.65. The van der Waals surface area contributed by atoms with Crippen molar-refractivity contribution >= 4 is 22.1 Å². The number of hydrogen-bond acceptors (Lipinski definition) is 0. The molecule has 3 aromatic carbocycles. The third-order valence-corrected chi connectivity index (χ3v) is 7.33. The average molecular weight is 369 g/mol. The molecule has 0 saturated carbocycles. The molecule has 0 nitrogen and oxygen atoms in total. The molecule has 3 rings (SSSR count). The van der Waals surface area contributed by atoms with Gasteiger partial charge in [-0.2, -0.15) is 0 Å². The van der Waals surface area contributed by atoms with Crippen LogP contribution in [0.15, 0.2) is 91.0 Å². The lowest BCUT2D eigenvalue weighted by Crippen LogP contribution is -2.25. The van der Waals surface area contributed by atoms with Crippen molar-refractivity contribution in [3.8, 4) is 0 Å². The molecule has 0 saturated heterocycles. The maximum Gasteiger partial charge on any atom is 0.0747 e. The maximum absolute atomic E-state index is 3.97. The van der Waals surface area contributed by atoms with Crippen molar-refractivity contribution in [2.45, 2.75) is 5.16 Å². The monoisotopic (exact) mass is 368 g/mol. The summed E-state index contributed by atoms with van der Waals surface area (Å²) in [7, 11) is 0. The quantitative estimate of drug-likeness (QED) is 0.369. The molecule has 0 N–H and O–H groups in total. The van der Waals surface area contributed by atoms with Gasteiger partial charge in [-0.25, -0.2) is 0 Å². The second kappa shape index (κ2) is 6.77. The Kier molecular flexibility index (Phi) is 4.76. The van der Waals surface area contributed by atoms with Crippen LogP contribution in [0.2, 0.25) is 0 Å². The maximum atomic E-state index is 3.97. The van der Waals surface area contributed by atoms with E-state index in [9.17, 15) is 0 Å². The minimum absolute atomic E-state index is 0.140. The summed E-state index contributed by atoms with van der Waals surface area (Å²) in [5.41, 5.74) is 3.99. The van der Waals surface area contributed by atoms with Crippen molar-refractivity contribution in [2.24, 2.45) is 0 Å². The molecular weight excluding hydrogens is 351 g/mol. The van der Waals surface area contributed by atoms with E-state index in [4.69, 9.17) is 0 Å². The lowest BCUT2D eigenvalue weighted by atomic mass is 9.84. The van der Waals surface area contributed by atoms with Crippen molar-refractivity contribution < 1.29 is 0 Å². The fourth-order valence-corrected chi connectivity index (χ4v) is 6.43. The molecule has 1 unspecified atom stereocenters. The first kappa shape index (κ1) is 15.5. The first-order valence-corrected chi connectivity index (χ1v) is 11.1. The van der Waals surface area contributed by atoms with Gasteiger partial charge >= 0.3 is 0 Å². The molecule has 110 valence electrons. The van der Waals surface area contributed by atoms with Gasteiger partial charge in [0.2, 0.25) is 0 Å². The third-order valence-electron chi connectivity index (χ3n) is 4.04. The van der Waals surface area contributed by atoms with Gasteiger partial charge in [0.05, 0.1) is 5.16 Å². The van der Waals surface area contributed by atoms with Crippen LogP contribution in [0.3, 0.4) is 0 Å². The van der Waals surface area contributed by atoms with Crippen molar-refractivity contribution in [1.29, 1.82) is 0 Å². The molecule has 0 bridgehead atoms. The summed E-state index contributed by atoms with van der Waals surface area (Å²) in [4.78, 5) is 0. The zero-order chi connectivity index (χ0) is 15.4. The number of halogens is 1. The third kappa shape index (κ3) is 2.64. The second-order valence-electron chi connectivity index (χ2n) is 5.29. The average Bonchev–Trinajstić information content (AvgIpc) is 2.58. The molecule has 0 aromatic heterocycles. The zero-order valence-electron chi connectivity index (χ0n) is 12.5. The van der Waals surface area contributed by atoms with Gasteiger partial charge in [0, 0.05) is 0 Å². The molecule has 0 fully saturated rings. The fraction of sp³-hybridized carbons (Fsp3) is 0.100. The molecule has 0 heterocycles. The topological polar surface area (TPSA) is 0 Å². The van der Waals surface area contributed by atoms with E-state index in [2.05, 4.69) is 113 Å². The van der Waals surface area contributed by atoms with Gasteiger partial charge in [0.1, 0.15) is 0 Å². The van der Waals surface area contributed by atoms with Crippen LogP contribution >= 0.6 is 22.1 Å². The van der Waals surface area contributed by atoms with Crippen LogP contribution in [0.4, 0.5) is 0 Å². The van der Waals surface area contributed by atoms with E-state index in [-0.39, 0.29) is 5.16 Å². The smallest absolute Gasteiger partial charge is 0.0622 e. The Hall–Kier alpha value is -1.43. The molecule has 0 aliphatic carbocycles. The molecule has 0 amide bonds. The van der Waals surface area contributed by atoms with E-state index in [1.54, 1.807) is 0 Å². The molecule has 2 heteroatoms. The molecule has 22 heavy (non-hydrogen) atoms. The van der Waals surface area contributed by atoms with Crippen LogP contribution in [-0.4, -0.2) is 6.66 Å². The summed E-state index contributed by atoms with van der Waals surface area (Å²) in [5.74, 6) is 0. The van der Waals surface area contributed by atoms with Crippen LogP contribution in [0, 0.1) is 0 Å². The van der Waals surface area contributed by atoms with Crippen molar-refractivity contribution in [1.82, 2.24) is 0 Å². The Bertz CT molecular complexity index is 612. The van der Waals surface area contributed by atoms with Gasteiger partial charge in [-0.1, -0.05) is 106 Å². The lowest BCUT2D eigenvalue weighted by molar-refractivity contribution is 0.887. The van der Waals surface area contributed by atoms with E-state index in [1.165, 1.54) is 16.7 Å². The molecule has 0 radical (unpaired) electrons. The minimum atomic E-state index is -0.465. The Balaban J connectivity index is 2.34. The Morgan fingerprint density at radius 3 is 1.09 bits per heavy atom. The van der Waals surface area contributed by atoms with Crippen LogP contribution < -0.4 is 0 Å². The summed E-state index contributed by atoms with van der Waals surface area (Å²) >= 11 is 3.97. The predicted octanol–water partition coefficient (Wildman–Crippen LogP) is 6.40. The number of benzene rings is 3. The predicted molar refractivity (Wildman–Crippen MR) is 101 cm³/mol. The van der Waals surface area contributed by atoms with Crippen LogP contribution in [-0.2, 0) is 5.16 Å². The summed E-state index contributed by atoms with van der Waals surface area (Å²) in [6.45, 7) is 1.83. The fourth-order valence-electron chi connectivity index (χ4n) is 3.07. The van der Waals surface area contributed by atoms with Crippen molar-refractivity contribution in [3.63, 3.8) is 0 Å². The summed E-state index contributed by atoms with van der Waals surface area (Å²) in [5, 5.41) is -0.140. The molecular formula is C20H18BrP. The van der Waals surface area contributed by atoms with Crippen LogP contribution in [0.25, 0.3) is 0 Å². The number of rotatable bonds is 4. The first-order chi connectivity index (χ1) is 10.8. The van der Waals surface area contributed by atoms with Crippen LogP contribution in [0.5, 0.6) is 0 Å². The van der Waals surface area contributed by atoms with Crippen molar-refractivity contribution in [3.05, 3.63) is 108 Å². The summed E-state index contributed by atoms with van der Waals surface area (Å²) in [6.07, 6.45) is 0. The van der Waals surface area contributed by atoms with E-state index in [0.717, 1.165) is 0 Å². The van der Waals surface area contributed by atoms with Gasteiger partial charge in [-0.15, -0.1) is 0 Å². The molecule has 3 aromatic rings. The first-order valence-electron chi connectivity index (χ1n) is 7.32. The van der Waals surface area contributed by atoms with Crippen LogP contribution in [0.1, 0.15) is 16.7 Å². The highest BCUT2D eigenvalue weighted by molar-refractivity contribution is 9.39. The summed E-state index contributed by atoms with van der Waals surface area (Å²) in [6, 6.07) is 32.4. The van der Waals surface area contributed by atoms with E-state index < -0.39 is 6.62 Å². The Morgan fingerprint density at radius 1 is 0.591 bits per heavy atom. The highest BCUT2D eigenvalue weighted by atomic mass is 79.9. The largest absolute Gasteiger partial charge is 0.0747 e. The Labute approximate surface area is 141 Å². The van der Waals surface area contributed by atoms with Gasteiger partial charge < -0.3 is 0 Å².